The number of likely N-dealkylation sites (N-methyl/N-ethyl adjacent to an activating group) is 1. The van der Waals surface area contributed by atoms with Crippen LogP contribution in [-0.4, -0.2) is 71.9 Å². The maximum atomic E-state index is 5.53. The minimum Gasteiger partial charge on any atom is -0.497 e. The Hall–Kier alpha value is -2.93. The SMILES string of the molecule is CN=C(NCC(c1ccc(OC)cc1)N(C)C)NC1CCN(c2ccccc2OC)C1. The Morgan fingerprint density at radius 1 is 1.13 bits per heavy atom. The van der Waals surface area contributed by atoms with Crippen molar-refractivity contribution in [1.82, 2.24) is 15.5 Å². The Bertz CT molecular complexity index is 853. The van der Waals surface area contributed by atoms with Gasteiger partial charge in [0, 0.05) is 32.7 Å². The third-order valence-corrected chi connectivity index (χ3v) is 5.77. The number of methoxy groups -OCH3 is 2. The van der Waals surface area contributed by atoms with Gasteiger partial charge in [0.1, 0.15) is 11.5 Å². The molecule has 0 aromatic heterocycles. The number of aliphatic imine (C=N–C) groups is 1. The van der Waals surface area contributed by atoms with E-state index in [2.05, 4.69) is 63.8 Å². The predicted octanol–water partition coefficient (Wildman–Crippen LogP) is 2.75. The Morgan fingerprint density at radius 3 is 2.52 bits per heavy atom. The van der Waals surface area contributed by atoms with E-state index in [0.29, 0.717) is 6.04 Å². The van der Waals surface area contributed by atoms with Crippen LogP contribution in [0.3, 0.4) is 0 Å². The summed E-state index contributed by atoms with van der Waals surface area (Å²) in [5, 5.41) is 7.09. The number of hydrogen-bond donors (Lipinski definition) is 2. The molecule has 2 aromatic rings. The molecule has 3 rings (SSSR count). The summed E-state index contributed by atoms with van der Waals surface area (Å²) in [7, 11) is 9.41. The van der Waals surface area contributed by atoms with E-state index < -0.39 is 0 Å². The number of ether oxygens (including phenoxy) is 2. The highest BCUT2D eigenvalue weighted by Crippen LogP contribution is 2.30. The molecule has 7 heteroatoms. The van der Waals surface area contributed by atoms with Crippen molar-refractivity contribution in [3.63, 3.8) is 0 Å². The van der Waals surface area contributed by atoms with Crippen molar-refractivity contribution >= 4 is 11.6 Å². The minimum atomic E-state index is 0.220. The van der Waals surface area contributed by atoms with Gasteiger partial charge in [0.05, 0.1) is 25.9 Å². The molecule has 1 saturated heterocycles. The van der Waals surface area contributed by atoms with Gasteiger partial charge in [-0.1, -0.05) is 24.3 Å². The van der Waals surface area contributed by atoms with Gasteiger partial charge in [-0.2, -0.15) is 0 Å². The number of guanidine groups is 1. The van der Waals surface area contributed by atoms with E-state index >= 15 is 0 Å². The van der Waals surface area contributed by atoms with Gasteiger partial charge in [0.25, 0.3) is 0 Å². The maximum Gasteiger partial charge on any atom is 0.191 e. The molecule has 2 unspecified atom stereocenters. The van der Waals surface area contributed by atoms with E-state index in [-0.39, 0.29) is 6.04 Å². The summed E-state index contributed by atoms with van der Waals surface area (Å²) in [6.45, 7) is 2.65. The summed E-state index contributed by atoms with van der Waals surface area (Å²) >= 11 is 0. The number of para-hydroxylation sites is 2. The zero-order chi connectivity index (χ0) is 22.2. The van der Waals surface area contributed by atoms with E-state index in [9.17, 15) is 0 Å². The smallest absolute Gasteiger partial charge is 0.191 e. The average Bonchev–Trinajstić information content (AvgIpc) is 3.26. The van der Waals surface area contributed by atoms with Crippen molar-refractivity contribution in [3.8, 4) is 11.5 Å². The zero-order valence-corrected chi connectivity index (χ0v) is 19.3. The molecule has 0 aliphatic carbocycles. The van der Waals surface area contributed by atoms with Gasteiger partial charge >= 0.3 is 0 Å². The van der Waals surface area contributed by atoms with Gasteiger partial charge < -0.3 is 29.9 Å². The molecule has 1 aliphatic heterocycles. The third kappa shape index (κ3) is 5.82. The van der Waals surface area contributed by atoms with E-state index in [1.54, 1.807) is 14.2 Å². The van der Waals surface area contributed by atoms with Crippen molar-refractivity contribution in [3.05, 3.63) is 54.1 Å². The summed E-state index contributed by atoms with van der Waals surface area (Å²) in [6, 6.07) is 17.0. The van der Waals surface area contributed by atoms with E-state index in [1.807, 2.05) is 31.3 Å². The van der Waals surface area contributed by atoms with Gasteiger partial charge in [0.15, 0.2) is 5.96 Å². The summed E-state index contributed by atoms with van der Waals surface area (Å²) < 4.78 is 10.8. The lowest BCUT2D eigenvalue weighted by molar-refractivity contribution is 0.297. The van der Waals surface area contributed by atoms with Crippen molar-refractivity contribution in [1.29, 1.82) is 0 Å². The van der Waals surface area contributed by atoms with Gasteiger partial charge in [0.2, 0.25) is 0 Å². The topological polar surface area (TPSA) is 61.4 Å². The third-order valence-electron chi connectivity index (χ3n) is 5.77. The summed E-state index contributed by atoms with van der Waals surface area (Å²) in [6.07, 6.45) is 1.05. The molecule has 2 N–H and O–H groups in total. The molecule has 1 heterocycles. The van der Waals surface area contributed by atoms with Crippen molar-refractivity contribution in [2.24, 2.45) is 4.99 Å². The summed E-state index contributed by atoms with van der Waals surface area (Å²) in [5.41, 5.74) is 2.38. The minimum absolute atomic E-state index is 0.220. The predicted molar refractivity (Wildman–Crippen MR) is 128 cm³/mol. The first-order valence-corrected chi connectivity index (χ1v) is 10.7. The summed E-state index contributed by atoms with van der Waals surface area (Å²) in [4.78, 5) is 9.02. The van der Waals surface area contributed by atoms with Crippen LogP contribution in [0.1, 0.15) is 18.0 Å². The number of nitrogens with zero attached hydrogens (tertiary/aromatic N) is 3. The molecule has 0 spiro atoms. The van der Waals surface area contributed by atoms with E-state index in [4.69, 9.17) is 9.47 Å². The van der Waals surface area contributed by atoms with Gasteiger partial charge in [-0.05, 0) is 50.3 Å². The highest BCUT2D eigenvalue weighted by Gasteiger charge is 2.25. The molecule has 168 valence electrons. The molecule has 1 aliphatic rings. The fourth-order valence-corrected chi connectivity index (χ4v) is 3.99. The van der Waals surface area contributed by atoms with Crippen LogP contribution in [0.5, 0.6) is 11.5 Å². The van der Waals surface area contributed by atoms with Crippen LogP contribution in [0.25, 0.3) is 0 Å². The lowest BCUT2D eigenvalue weighted by atomic mass is 10.1. The lowest BCUT2D eigenvalue weighted by Crippen LogP contribution is -2.46. The van der Waals surface area contributed by atoms with Crippen molar-refractivity contribution < 1.29 is 9.47 Å². The van der Waals surface area contributed by atoms with Gasteiger partial charge in [-0.15, -0.1) is 0 Å². The number of anilines is 1. The van der Waals surface area contributed by atoms with Crippen LogP contribution >= 0.6 is 0 Å². The fourth-order valence-electron chi connectivity index (χ4n) is 3.99. The van der Waals surface area contributed by atoms with Crippen LogP contribution in [0.15, 0.2) is 53.5 Å². The molecule has 0 radical (unpaired) electrons. The molecule has 1 fully saturated rings. The average molecular weight is 426 g/mol. The number of nitrogens with one attached hydrogen (secondary N) is 2. The highest BCUT2D eigenvalue weighted by molar-refractivity contribution is 5.80. The second-order valence-electron chi connectivity index (χ2n) is 7.95. The standard InChI is InChI=1S/C24H35N5O2/c1-25-24(26-16-22(28(2)3)18-10-12-20(30-4)13-11-18)27-19-14-15-29(17-19)21-8-6-7-9-23(21)31-5/h6-13,19,22H,14-17H2,1-5H3,(H2,25,26,27). The highest BCUT2D eigenvalue weighted by atomic mass is 16.5. The van der Waals surface area contributed by atoms with Crippen molar-refractivity contribution in [2.45, 2.75) is 18.5 Å². The fraction of sp³-hybridized carbons (Fsp3) is 0.458. The Labute approximate surface area is 186 Å². The molecular formula is C24H35N5O2. The monoisotopic (exact) mass is 425 g/mol. The molecule has 7 nitrogen and oxygen atoms in total. The first kappa shape index (κ1) is 22.7. The first-order chi connectivity index (χ1) is 15.0. The second kappa shape index (κ2) is 10.9. The Kier molecular flexibility index (Phi) is 8.00. The van der Waals surface area contributed by atoms with E-state index in [1.165, 1.54) is 5.56 Å². The Morgan fingerprint density at radius 2 is 1.87 bits per heavy atom. The van der Waals surface area contributed by atoms with Crippen molar-refractivity contribution in [2.75, 3.05) is 59.9 Å². The lowest BCUT2D eigenvalue weighted by Gasteiger charge is -2.27. The maximum absolute atomic E-state index is 5.53. The first-order valence-electron chi connectivity index (χ1n) is 10.7. The molecule has 2 atom stereocenters. The largest absolute Gasteiger partial charge is 0.497 e. The normalized spacial score (nSPS) is 17.5. The van der Waals surface area contributed by atoms with Gasteiger partial charge in [-0.3, -0.25) is 4.99 Å². The van der Waals surface area contributed by atoms with Crippen LogP contribution in [0.4, 0.5) is 5.69 Å². The number of hydrogen-bond acceptors (Lipinski definition) is 5. The molecule has 2 aromatic carbocycles. The van der Waals surface area contributed by atoms with Crippen LogP contribution in [0.2, 0.25) is 0 Å². The molecule has 31 heavy (non-hydrogen) atoms. The molecular weight excluding hydrogens is 390 g/mol. The Balaban J connectivity index is 1.57. The zero-order valence-electron chi connectivity index (χ0n) is 19.3. The van der Waals surface area contributed by atoms with E-state index in [0.717, 1.165) is 49.2 Å². The van der Waals surface area contributed by atoms with Crippen LogP contribution in [0, 0.1) is 0 Å². The number of rotatable bonds is 8. The number of benzene rings is 2. The second-order valence-corrected chi connectivity index (χ2v) is 7.95. The van der Waals surface area contributed by atoms with Gasteiger partial charge in [-0.25, -0.2) is 0 Å². The van der Waals surface area contributed by atoms with Crippen LogP contribution in [-0.2, 0) is 0 Å². The summed E-state index contributed by atoms with van der Waals surface area (Å²) in [5.74, 6) is 2.61. The van der Waals surface area contributed by atoms with Crippen LogP contribution < -0.4 is 25.0 Å². The molecule has 0 amide bonds. The quantitative estimate of drug-likeness (QED) is 0.501. The molecule has 0 bridgehead atoms. The molecule has 0 saturated carbocycles.